The van der Waals surface area contributed by atoms with Crippen LogP contribution >= 0.6 is 11.6 Å². The molecule has 27 heavy (non-hydrogen) atoms. The summed E-state index contributed by atoms with van der Waals surface area (Å²) in [4.78, 5) is 24.8. The van der Waals surface area contributed by atoms with Crippen LogP contribution in [-0.2, 0) is 15.8 Å². The van der Waals surface area contributed by atoms with E-state index in [1.165, 1.54) is 6.20 Å². The number of alkyl halides is 3. The first-order valence-corrected chi connectivity index (χ1v) is 8.11. The third-order valence-electron chi connectivity index (χ3n) is 3.58. The molecule has 3 heterocycles. The molecule has 2 aromatic rings. The van der Waals surface area contributed by atoms with Crippen LogP contribution in [0.5, 0.6) is 0 Å². The van der Waals surface area contributed by atoms with Crippen LogP contribution in [0.1, 0.15) is 12.0 Å². The van der Waals surface area contributed by atoms with Crippen molar-refractivity contribution in [2.24, 2.45) is 5.16 Å². The quantitative estimate of drug-likeness (QED) is 0.805. The third-order valence-corrected chi connectivity index (χ3v) is 3.87. The van der Waals surface area contributed by atoms with Gasteiger partial charge < -0.3 is 15.5 Å². The molecule has 0 aromatic carbocycles. The molecule has 3 rings (SSSR count). The van der Waals surface area contributed by atoms with E-state index in [1.807, 2.05) is 0 Å². The van der Waals surface area contributed by atoms with Gasteiger partial charge in [0.05, 0.1) is 29.0 Å². The highest BCUT2D eigenvalue weighted by molar-refractivity contribution is 6.43. The van der Waals surface area contributed by atoms with E-state index in [1.54, 1.807) is 18.3 Å². The molecule has 1 atom stereocenters. The van der Waals surface area contributed by atoms with Crippen molar-refractivity contribution in [2.75, 3.05) is 17.2 Å². The Hall–Kier alpha value is -2.88. The highest BCUT2D eigenvalue weighted by Gasteiger charge is 2.32. The molecule has 11 heteroatoms. The first kappa shape index (κ1) is 18.9. The zero-order chi connectivity index (χ0) is 19.4. The van der Waals surface area contributed by atoms with E-state index in [-0.39, 0.29) is 29.5 Å². The Kier molecular flexibility index (Phi) is 5.45. The molecule has 142 valence electrons. The SMILES string of the molecule is O=C(Nc1cccnc1)C1=NO[C@@H](CNc2ncc(C(F)(F)F)cc2Cl)C1. The predicted octanol–water partition coefficient (Wildman–Crippen LogP) is 3.34. The van der Waals surface area contributed by atoms with Gasteiger partial charge in [-0.25, -0.2) is 4.98 Å². The van der Waals surface area contributed by atoms with Crippen molar-refractivity contribution in [1.82, 2.24) is 9.97 Å². The minimum Gasteiger partial charge on any atom is -0.390 e. The number of rotatable bonds is 5. The molecule has 1 amide bonds. The van der Waals surface area contributed by atoms with Crippen LogP contribution < -0.4 is 10.6 Å². The molecule has 0 spiro atoms. The fraction of sp³-hybridized carbons (Fsp3) is 0.250. The zero-order valence-corrected chi connectivity index (χ0v) is 14.4. The average Bonchev–Trinajstić information content (AvgIpc) is 3.10. The van der Waals surface area contributed by atoms with E-state index in [2.05, 4.69) is 25.8 Å². The van der Waals surface area contributed by atoms with Gasteiger partial charge in [0.2, 0.25) is 0 Å². The number of aromatic nitrogens is 2. The normalized spacial score (nSPS) is 16.4. The van der Waals surface area contributed by atoms with Crippen molar-refractivity contribution in [3.05, 3.63) is 47.4 Å². The maximum Gasteiger partial charge on any atom is 0.417 e. The predicted molar refractivity (Wildman–Crippen MR) is 92.5 cm³/mol. The van der Waals surface area contributed by atoms with E-state index in [9.17, 15) is 18.0 Å². The van der Waals surface area contributed by atoms with Crippen LogP contribution in [0.3, 0.4) is 0 Å². The highest BCUT2D eigenvalue weighted by atomic mass is 35.5. The van der Waals surface area contributed by atoms with Crippen LogP contribution in [0.4, 0.5) is 24.7 Å². The monoisotopic (exact) mass is 399 g/mol. The standard InChI is InChI=1S/C16H13ClF3N5O2/c17-12-4-9(16(18,19)20)6-22-14(12)23-8-11-5-13(25-27-11)15(26)24-10-2-1-3-21-7-10/h1-4,6-7,11H,5,8H2,(H,22,23)(H,24,26)/t11-/m1/s1. The van der Waals surface area contributed by atoms with Gasteiger partial charge in [-0.15, -0.1) is 0 Å². The summed E-state index contributed by atoms with van der Waals surface area (Å²) >= 11 is 5.83. The van der Waals surface area contributed by atoms with Crippen LogP contribution in [-0.4, -0.2) is 34.2 Å². The molecular formula is C16H13ClF3N5O2. The number of hydrogen-bond acceptors (Lipinski definition) is 6. The number of carbonyl (C=O) groups excluding carboxylic acids is 1. The van der Waals surface area contributed by atoms with E-state index in [4.69, 9.17) is 16.4 Å². The van der Waals surface area contributed by atoms with Gasteiger partial charge in [-0.1, -0.05) is 16.8 Å². The number of anilines is 2. The lowest BCUT2D eigenvalue weighted by atomic mass is 10.1. The Morgan fingerprint density at radius 2 is 2.19 bits per heavy atom. The first-order chi connectivity index (χ1) is 12.8. The summed E-state index contributed by atoms with van der Waals surface area (Å²) < 4.78 is 37.8. The van der Waals surface area contributed by atoms with Gasteiger partial charge in [-0.05, 0) is 18.2 Å². The van der Waals surface area contributed by atoms with Crippen molar-refractivity contribution < 1.29 is 22.8 Å². The number of pyridine rings is 2. The molecule has 0 unspecified atom stereocenters. The molecule has 1 aliphatic rings. The second-order valence-corrected chi connectivity index (χ2v) is 6.01. The van der Waals surface area contributed by atoms with E-state index < -0.39 is 23.8 Å². The molecular weight excluding hydrogens is 387 g/mol. The van der Waals surface area contributed by atoms with Gasteiger partial charge >= 0.3 is 6.18 Å². The Bertz CT molecular complexity index is 861. The Morgan fingerprint density at radius 1 is 1.37 bits per heavy atom. The summed E-state index contributed by atoms with van der Waals surface area (Å²) in [5.41, 5.74) is -0.225. The second-order valence-electron chi connectivity index (χ2n) is 5.60. The van der Waals surface area contributed by atoms with E-state index in [0.717, 1.165) is 6.07 Å². The Labute approximate surface area is 156 Å². The van der Waals surface area contributed by atoms with Crippen LogP contribution in [0.15, 0.2) is 41.9 Å². The van der Waals surface area contributed by atoms with Gasteiger partial charge in [0.1, 0.15) is 11.5 Å². The van der Waals surface area contributed by atoms with Crippen LogP contribution in [0, 0.1) is 0 Å². The van der Waals surface area contributed by atoms with Gasteiger partial charge in [-0.3, -0.25) is 9.78 Å². The number of oxime groups is 1. The topological polar surface area (TPSA) is 88.5 Å². The zero-order valence-electron chi connectivity index (χ0n) is 13.6. The summed E-state index contributed by atoms with van der Waals surface area (Å²) in [6.07, 6.45) is -1.03. The lowest BCUT2D eigenvalue weighted by molar-refractivity contribution is -0.137. The van der Waals surface area contributed by atoms with Crippen molar-refractivity contribution in [3.8, 4) is 0 Å². The van der Waals surface area contributed by atoms with Gasteiger partial charge in [0.15, 0.2) is 6.10 Å². The van der Waals surface area contributed by atoms with Crippen molar-refractivity contribution in [3.63, 3.8) is 0 Å². The maximum atomic E-state index is 12.6. The average molecular weight is 400 g/mol. The van der Waals surface area contributed by atoms with E-state index in [0.29, 0.717) is 11.9 Å². The van der Waals surface area contributed by atoms with Gasteiger partial charge in [0.25, 0.3) is 5.91 Å². The van der Waals surface area contributed by atoms with Crippen LogP contribution in [0.2, 0.25) is 5.02 Å². The molecule has 0 bridgehead atoms. The molecule has 0 aliphatic carbocycles. The number of nitrogens with one attached hydrogen (secondary N) is 2. The Morgan fingerprint density at radius 3 is 2.85 bits per heavy atom. The third kappa shape index (κ3) is 4.85. The van der Waals surface area contributed by atoms with Crippen molar-refractivity contribution in [2.45, 2.75) is 18.7 Å². The van der Waals surface area contributed by atoms with Gasteiger partial charge in [0, 0.05) is 18.8 Å². The summed E-state index contributed by atoms with van der Waals surface area (Å²) in [6, 6.07) is 4.14. The number of halogens is 4. The summed E-state index contributed by atoms with van der Waals surface area (Å²) in [7, 11) is 0. The molecule has 7 nitrogen and oxygen atoms in total. The largest absolute Gasteiger partial charge is 0.417 e. The molecule has 0 radical (unpaired) electrons. The molecule has 0 saturated heterocycles. The fourth-order valence-corrected chi connectivity index (χ4v) is 2.48. The fourth-order valence-electron chi connectivity index (χ4n) is 2.25. The smallest absolute Gasteiger partial charge is 0.390 e. The number of nitrogens with zero attached hydrogens (tertiary/aromatic N) is 3. The number of carbonyl (C=O) groups is 1. The Balaban J connectivity index is 1.52. The first-order valence-electron chi connectivity index (χ1n) is 7.73. The molecule has 0 saturated carbocycles. The van der Waals surface area contributed by atoms with Gasteiger partial charge in [-0.2, -0.15) is 13.2 Å². The van der Waals surface area contributed by atoms with E-state index >= 15 is 0 Å². The van der Waals surface area contributed by atoms with Crippen molar-refractivity contribution >= 4 is 34.7 Å². The summed E-state index contributed by atoms with van der Waals surface area (Å²) in [5.74, 6) is -0.335. The van der Waals surface area contributed by atoms with Crippen molar-refractivity contribution in [1.29, 1.82) is 0 Å². The number of hydrogen-bond donors (Lipinski definition) is 2. The maximum absolute atomic E-state index is 12.6. The molecule has 2 N–H and O–H groups in total. The highest BCUT2D eigenvalue weighted by Crippen LogP contribution is 2.32. The summed E-state index contributed by atoms with van der Waals surface area (Å²) in [5, 5.41) is 9.00. The minimum absolute atomic E-state index is 0.0847. The summed E-state index contributed by atoms with van der Waals surface area (Å²) in [6.45, 7) is 0.158. The lowest BCUT2D eigenvalue weighted by Crippen LogP contribution is -2.26. The number of amides is 1. The molecule has 0 fully saturated rings. The molecule has 1 aliphatic heterocycles. The minimum atomic E-state index is -4.52. The lowest BCUT2D eigenvalue weighted by Gasteiger charge is -2.13. The second kappa shape index (κ2) is 7.78. The van der Waals surface area contributed by atoms with Crippen LogP contribution in [0.25, 0.3) is 0 Å². The molecule has 2 aromatic heterocycles.